The minimum atomic E-state index is 0.294. The summed E-state index contributed by atoms with van der Waals surface area (Å²) in [6, 6.07) is 1.03. The van der Waals surface area contributed by atoms with Gasteiger partial charge in [0.1, 0.15) is 0 Å². The first-order valence-electron chi connectivity index (χ1n) is 6.65. The molecule has 102 valence electrons. The van der Waals surface area contributed by atoms with Crippen LogP contribution < -0.4 is 5.32 Å². The van der Waals surface area contributed by atoms with E-state index in [9.17, 15) is 0 Å². The van der Waals surface area contributed by atoms with E-state index in [0.29, 0.717) is 23.4 Å². The minimum absolute atomic E-state index is 0.294. The van der Waals surface area contributed by atoms with E-state index < -0.39 is 0 Å². The summed E-state index contributed by atoms with van der Waals surface area (Å²) in [4.78, 5) is 2.28. The minimum Gasteiger partial charge on any atom is -0.366 e. The van der Waals surface area contributed by atoms with E-state index in [1.165, 1.54) is 6.42 Å². The van der Waals surface area contributed by atoms with Crippen molar-refractivity contribution in [3.63, 3.8) is 0 Å². The quantitative estimate of drug-likeness (QED) is 0.672. The van der Waals surface area contributed by atoms with E-state index in [0.717, 1.165) is 6.54 Å². The largest absolute Gasteiger partial charge is 0.366 e. The molecule has 0 aliphatic carbocycles. The summed E-state index contributed by atoms with van der Waals surface area (Å²) >= 11 is 5.13. The van der Waals surface area contributed by atoms with Crippen molar-refractivity contribution in [2.75, 3.05) is 13.6 Å². The molecule has 0 aliphatic rings. The number of nitrogens with zero attached hydrogens (tertiary/aromatic N) is 1. The summed E-state index contributed by atoms with van der Waals surface area (Å²) in [6.07, 6.45) is 1.17. The van der Waals surface area contributed by atoms with Crippen LogP contribution in [0.2, 0.25) is 0 Å². The summed E-state index contributed by atoms with van der Waals surface area (Å²) in [7, 11) is 2.03. The maximum absolute atomic E-state index is 5.13. The fourth-order valence-electron chi connectivity index (χ4n) is 2.04. The van der Waals surface area contributed by atoms with Gasteiger partial charge in [0.05, 0.1) is 5.49 Å². The number of rotatable bonds is 8. The number of hydrogen-bond acceptors (Lipinski definition) is 2. The van der Waals surface area contributed by atoms with Gasteiger partial charge in [-0.05, 0) is 45.6 Å². The van der Waals surface area contributed by atoms with Crippen molar-refractivity contribution in [3.05, 3.63) is 0 Å². The molecule has 0 saturated carbocycles. The van der Waals surface area contributed by atoms with E-state index >= 15 is 0 Å². The smallest absolute Gasteiger partial charge is 0.0643 e. The average molecular weight is 258 g/mol. The highest BCUT2D eigenvalue weighted by Gasteiger charge is 2.32. The van der Waals surface area contributed by atoms with E-state index in [4.69, 9.17) is 12.2 Å². The van der Waals surface area contributed by atoms with Crippen LogP contribution in [0.4, 0.5) is 0 Å². The third kappa shape index (κ3) is 5.35. The Morgan fingerprint density at radius 3 is 2.06 bits per heavy atom. The molecule has 0 fully saturated rings. The molecule has 0 heterocycles. The van der Waals surface area contributed by atoms with Gasteiger partial charge in [-0.2, -0.15) is 0 Å². The Morgan fingerprint density at radius 2 is 1.76 bits per heavy atom. The van der Waals surface area contributed by atoms with Crippen LogP contribution in [-0.4, -0.2) is 36.1 Å². The van der Waals surface area contributed by atoms with Crippen LogP contribution in [0.1, 0.15) is 48.0 Å². The van der Waals surface area contributed by atoms with Gasteiger partial charge in [0, 0.05) is 18.6 Å². The summed E-state index contributed by atoms with van der Waals surface area (Å²) < 4.78 is 0. The molecule has 0 radical (unpaired) electrons. The van der Waals surface area contributed by atoms with Gasteiger partial charge in [0.15, 0.2) is 0 Å². The molecule has 0 rings (SSSR count). The summed E-state index contributed by atoms with van der Waals surface area (Å²) in [5.74, 6) is 0.648. The lowest BCUT2D eigenvalue weighted by Gasteiger charge is -2.41. The zero-order valence-corrected chi connectivity index (χ0v) is 13.4. The van der Waals surface area contributed by atoms with Gasteiger partial charge < -0.3 is 10.2 Å². The topological polar surface area (TPSA) is 15.3 Å². The van der Waals surface area contributed by atoms with Crippen LogP contribution in [0.15, 0.2) is 0 Å². The molecule has 2 atom stereocenters. The van der Waals surface area contributed by atoms with Gasteiger partial charge in [-0.15, -0.1) is 0 Å². The van der Waals surface area contributed by atoms with Crippen molar-refractivity contribution in [2.45, 2.75) is 60.0 Å². The van der Waals surface area contributed by atoms with Crippen molar-refractivity contribution in [1.82, 2.24) is 10.2 Å². The molecule has 0 aromatic heterocycles. The molecule has 0 aliphatic heterocycles. The first-order chi connectivity index (χ1) is 7.76. The highest BCUT2D eigenvalue weighted by molar-refractivity contribution is 7.78. The molecule has 0 amide bonds. The van der Waals surface area contributed by atoms with Gasteiger partial charge in [-0.1, -0.05) is 33.0 Å². The lowest BCUT2D eigenvalue weighted by molar-refractivity contribution is 0.125. The first-order valence-corrected chi connectivity index (χ1v) is 7.12. The molecule has 2 unspecified atom stereocenters. The summed E-state index contributed by atoms with van der Waals surface area (Å²) in [5, 5.41) is 3.34. The Hall–Kier alpha value is -0.150. The van der Waals surface area contributed by atoms with Gasteiger partial charge in [-0.3, -0.25) is 0 Å². The van der Waals surface area contributed by atoms with Crippen LogP contribution in [0.3, 0.4) is 0 Å². The summed E-state index contributed by atoms with van der Waals surface area (Å²) in [6.45, 7) is 14.7. The second kappa shape index (κ2) is 7.32. The van der Waals surface area contributed by atoms with E-state index in [2.05, 4.69) is 51.8 Å². The zero-order chi connectivity index (χ0) is 13.6. The Kier molecular flexibility index (Phi) is 7.26. The third-order valence-electron chi connectivity index (χ3n) is 4.00. The molecule has 0 spiro atoms. The molecule has 0 bridgehead atoms. The van der Waals surface area contributed by atoms with Crippen LogP contribution >= 0.6 is 12.2 Å². The van der Waals surface area contributed by atoms with Gasteiger partial charge >= 0.3 is 0 Å². The second-order valence-electron chi connectivity index (χ2n) is 6.07. The average Bonchev–Trinajstić information content (AvgIpc) is 2.25. The fourth-order valence-corrected chi connectivity index (χ4v) is 2.36. The van der Waals surface area contributed by atoms with Gasteiger partial charge in [0.25, 0.3) is 0 Å². The first kappa shape index (κ1) is 16.9. The maximum atomic E-state index is 5.13. The number of hydrogen-bond donors (Lipinski definition) is 1. The highest BCUT2D eigenvalue weighted by atomic mass is 32.1. The van der Waals surface area contributed by atoms with Crippen molar-refractivity contribution < 1.29 is 0 Å². The van der Waals surface area contributed by atoms with Crippen LogP contribution in [0, 0.1) is 11.3 Å². The molecule has 0 aromatic carbocycles. The van der Waals surface area contributed by atoms with E-state index in [1.54, 1.807) is 0 Å². The molecule has 0 aromatic rings. The van der Waals surface area contributed by atoms with Crippen molar-refractivity contribution in [2.24, 2.45) is 11.3 Å². The number of nitrogens with one attached hydrogen (secondary N) is 1. The normalized spacial score (nSPS) is 17.0. The Balaban J connectivity index is 4.76. The van der Waals surface area contributed by atoms with Crippen LogP contribution in [0.25, 0.3) is 0 Å². The lowest BCUT2D eigenvalue weighted by Crippen LogP contribution is -2.44. The van der Waals surface area contributed by atoms with E-state index in [-0.39, 0.29) is 0 Å². The Bertz CT molecular complexity index is 228. The van der Waals surface area contributed by atoms with Crippen LogP contribution in [0.5, 0.6) is 0 Å². The maximum Gasteiger partial charge on any atom is 0.0643 e. The Morgan fingerprint density at radius 1 is 1.24 bits per heavy atom. The Labute approximate surface area is 113 Å². The number of thiocarbonyl (C=S) groups is 1. The van der Waals surface area contributed by atoms with Crippen molar-refractivity contribution in [3.8, 4) is 0 Å². The third-order valence-corrected chi connectivity index (χ3v) is 4.27. The molecular formula is C14H30N2S. The molecule has 0 saturated heterocycles. The van der Waals surface area contributed by atoms with Gasteiger partial charge in [0.2, 0.25) is 0 Å². The monoisotopic (exact) mass is 258 g/mol. The van der Waals surface area contributed by atoms with Gasteiger partial charge in [-0.25, -0.2) is 0 Å². The highest BCUT2D eigenvalue weighted by Crippen LogP contribution is 2.33. The second-order valence-corrected chi connectivity index (χ2v) is 6.28. The molecule has 17 heavy (non-hydrogen) atoms. The van der Waals surface area contributed by atoms with Crippen LogP contribution in [-0.2, 0) is 0 Å². The van der Waals surface area contributed by atoms with Crippen molar-refractivity contribution >= 4 is 17.7 Å². The van der Waals surface area contributed by atoms with E-state index in [1.807, 2.05) is 12.5 Å². The standard InChI is InChI=1S/C14H30N2S/c1-11(2)14(6,8-13(5)15-7)9-16(10-17)12(3)4/h10-13,15H,8-9H2,1-7H3. The fraction of sp³-hybridized carbons (Fsp3) is 0.929. The molecular weight excluding hydrogens is 228 g/mol. The summed E-state index contributed by atoms with van der Waals surface area (Å²) in [5.41, 5.74) is 2.11. The SMILES string of the molecule is CNC(C)CC(C)(CN(C=S)C(C)C)C(C)C. The molecule has 2 nitrogen and oxygen atoms in total. The predicted molar refractivity (Wildman–Crippen MR) is 81.6 cm³/mol. The zero-order valence-electron chi connectivity index (χ0n) is 12.6. The molecule has 1 N–H and O–H groups in total. The molecule has 3 heteroatoms. The lowest BCUT2D eigenvalue weighted by atomic mass is 9.74. The van der Waals surface area contributed by atoms with Crippen molar-refractivity contribution in [1.29, 1.82) is 0 Å². The predicted octanol–water partition coefficient (Wildman–Crippen LogP) is 3.31.